The van der Waals surface area contributed by atoms with E-state index in [9.17, 15) is 0 Å². The molecule has 2 fully saturated rings. The molecule has 0 spiro atoms. The van der Waals surface area contributed by atoms with Crippen LogP contribution in [0.2, 0.25) is 0 Å². The highest BCUT2D eigenvalue weighted by atomic mass is 16.5. The molecule has 2 nitrogen and oxygen atoms in total. The predicted octanol–water partition coefficient (Wildman–Crippen LogP) is 2.33. The Hall–Kier alpha value is -0.0800. The zero-order chi connectivity index (χ0) is 9.97. The van der Waals surface area contributed by atoms with E-state index in [0.29, 0.717) is 12.1 Å². The topological polar surface area (TPSA) is 21.3 Å². The lowest BCUT2D eigenvalue weighted by molar-refractivity contribution is 0.0780. The van der Waals surface area contributed by atoms with E-state index in [2.05, 4.69) is 19.2 Å². The van der Waals surface area contributed by atoms with Crippen LogP contribution in [0.15, 0.2) is 0 Å². The van der Waals surface area contributed by atoms with Gasteiger partial charge in [0.15, 0.2) is 0 Å². The first-order valence-corrected chi connectivity index (χ1v) is 6.15. The summed E-state index contributed by atoms with van der Waals surface area (Å²) in [6.45, 7) is 5.62. The quantitative estimate of drug-likeness (QED) is 0.750. The molecular formula is C12H23NO. The van der Waals surface area contributed by atoms with Crippen molar-refractivity contribution in [3.63, 3.8) is 0 Å². The molecule has 1 saturated carbocycles. The highest BCUT2D eigenvalue weighted by Gasteiger charge is 2.28. The maximum Gasteiger partial charge on any atom is 0.0726 e. The molecule has 0 radical (unpaired) electrons. The lowest BCUT2D eigenvalue weighted by atomic mass is 10.0. The van der Waals surface area contributed by atoms with Gasteiger partial charge in [0.05, 0.1) is 6.10 Å². The Bertz CT molecular complexity index is 177. The van der Waals surface area contributed by atoms with Crippen LogP contribution in [0.1, 0.15) is 46.0 Å². The van der Waals surface area contributed by atoms with Gasteiger partial charge in [0.25, 0.3) is 0 Å². The van der Waals surface area contributed by atoms with Crippen molar-refractivity contribution in [3.05, 3.63) is 0 Å². The molecule has 2 aliphatic rings. The summed E-state index contributed by atoms with van der Waals surface area (Å²) in [4.78, 5) is 0. The highest BCUT2D eigenvalue weighted by molar-refractivity contribution is 4.86. The van der Waals surface area contributed by atoms with Gasteiger partial charge in [-0.2, -0.15) is 0 Å². The number of nitrogens with one attached hydrogen (secondary N) is 1. The molecular weight excluding hydrogens is 174 g/mol. The summed E-state index contributed by atoms with van der Waals surface area (Å²) in [7, 11) is 0. The van der Waals surface area contributed by atoms with Crippen molar-refractivity contribution in [2.45, 2.75) is 64.1 Å². The molecule has 82 valence electrons. The fraction of sp³-hybridized carbons (Fsp3) is 1.00. The Morgan fingerprint density at radius 3 is 2.64 bits per heavy atom. The minimum absolute atomic E-state index is 0.475. The van der Waals surface area contributed by atoms with Crippen molar-refractivity contribution in [2.75, 3.05) is 6.61 Å². The predicted molar refractivity (Wildman–Crippen MR) is 58.4 cm³/mol. The number of ether oxygens (including phenoxy) is 1. The van der Waals surface area contributed by atoms with Gasteiger partial charge in [0, 0.05) is 18.7 Å². The van der Waals surface area contributed by atoms with Crippen molar-refractivity contribution in [3.8, 4) is 0 Å². The Morgan fingerprint density at radius 2 is 2.07 bits per heavy atom. The molecule has 4 unspecified atom stereocenters. The molecule has 1 N–H and O–H groups in total. The molecule has 0 amide bonds. The highest BCUT2D eigenvalue weighted by Crippen LogP contribution is 2.26. The van der Waals surface area contributed by atoms with Crippen molar-refractivity contribution < 1.29 is 4.74 Å². The van der Waals surface area contributed by atoms with E-state index in [1.165, 1.54) is 32.1 Å². The lowest BCUT2D eigenvalue weighted by Crippen LogP contribution is -2.44. The zero-order valence-corrected chi connectivity index (χ0v) is 9.46. The molecule has 2 heteroatoms. The van der Waals surface area contributed by atoms with E-state index in [-0.39, 0.29) is 0 Å². The average Bonchev–Trinajstić information content (AvgIpc) is 2.77. The van der Waals surface area contributed by atoms with Gasteiger partial charge in [-0.1, -0.05) is 13.3 Å². The maximum absolute atomic E-state index is 5.70. The third-order valence-electron chi connectivity index (χ3n) is 3.86. The van der Waals surface area contributed by atoms with Crippen molar-refractivity contribution in [2.24, 2.45) is 5.92 Å². The first-order chi connectivity index (χ1) is 6.77. The monoisotopic (exact) mass is 197 g/mol. The SMILES string of the molecule is CC1CCCC1NC(C)C1CCCO1. The fourth-order valence-electron chi connectivity index (χ4n) is 2.83. The summed E-state index contributed by atoms with van der Waals surface area (Å²) >= 11 is 0. The molecule has 1 aliphatic carbocycles. The standard InChI is InChI=1S/C12H23NO/c1-9-5-3-6-11(9)13-10(2)12-7-4-8-14-12/h9-13H,3-8H2,1-2H3. The second-order valence-corrected chi connectivity index (χ2v) is 5.02. The summed E-state index contributed by atoms with van der Waals surface area (Å²) in [5.74, 6) is 0.860. The zero-order valence-electron chi connectivity index (χ0n) is 9.46. The molecule has 0 bridgehead atoms. The summed E-state index contributed by atoms with van der Waals surface area (Å²) in [5, 5.41) is 3.75. The van der Waals surface area contributed by atoms with Gasteiger partial charge in [-0.3, -0.25) is 0 Å². The number of hydrogen-bond acceptors (Lipinski definition) is 2. The average molecular weight is 197 g/mol. The molecule has 1 heterocycles. The summed E-state index contributed by atoms with van der Waals surface area (Å²) in [6, 6.07) is 1.29. The Balaban J connectivity index is 1.78. The van der Waals surface area contributed by atoms with Gasteiger partial charge < -0.3 is 10.1 Å². The number of rotatable bonds is 3. The minimum Gasteiger partial charge on any atom is -0.377 e. The molecule has 1 saturated heterocycles. The molecule has 0 aromatic rings. The van der Waals surface area contributed by atoms with Crippen LogP contribution in [0.3, 0.4) is 0 Å². The van der Waals surface area contributed by atoms with Crippen LogP contribution in [-0.2, 0) is 4.74 Å². The fourth-order valence-corrected chi connectivity index (χ4v) is 2.83. The Morgan fingerprint density at radius 1 is 1.21 bits per heavy atom. The second-order valence-electron chi connectivity index (χ2n) is 5.02. The molecule has 1 aliphatic heterocycles. The third kappa shape index (κ3) is 2.29. The first kappa shape index (κ1) is 10.4. The van der Waals surface area contributed by atoms with E-state index in [0.717, 1.165) is 18.6 Å². The van der Waals surface area contributed by atoms with Crippen LogP contribution in [-0.4, -0.2) is 24.8 Å². The molecule has 0 aromatic carbocycles. The van der Waals surface area contributed by atoms with Crippen LogP contribution in [0.5, 0.6) is 0 Å². The molecule has 14 heavy (non-hydrogen) atoms. The maximum atomic E-state index is 5.70. The summed E-state index contributed by atoms with van der Waals surface area (Å²) < 4.78 is 5.70. The largest absolute Gasteiger partial charge is 0.377 e. The minimum atomic E-state index is 0.475. The van der Waals surface area contributed by atoms with Gasteiger partial charge in [-0.25, -0.2) is 0 Å². The van der Waals surface area contributed by atoms with E-state index in [4.69, 9.17) is 4.74 Å². The van der Waals surface area contributed by atoms with Crippen LogP contribution >= 0.6 is 0 Å². The van der Waals surface area contributed by atoms with E-state index in [1.54, 1.807) is 0 Å². The van der Waals surface area contributed by atoms with E-state index < -0.39 is 0 Å². The normalized spacial score (nSPS) is 40.3. The van der Waals surface area contributed by atoms with Crippen molar-refractivity contribution in [1.29, 1.82) is 0 Å². The van der Waals surface area contributed by atoms with Gasteiger partial charge in [0.2, 0.25) is 0 Å². The molecule has 4 atom stereocenters. The lowest BCUT2D eigenvalue weighted by Gasteiger charge is -2.26. The van der Waals surface area contributed by atoms with Crippen LogP contribution in [0, 0.1) is 5.92 Å². The van der Waals surface area contributed by atoms with Crippen LogP contribution in [0.4, 0.5) is 0 Å². The summed E-state index contributed by atoms with van der Waals surface area (Å²) in [5.41, 5.74) is 0. The smallest absolute Gasteiger partial charge is 0.0726 e. The second kappa shape index (κ2) is 4.63. The molecule has 0 aromatic heterocycles. The Labute approximate surface area is 87.4 Å². The van der Waals surface area contributed by atoms with E-state index in [1.807, 2.05) is 0 Å². The van der Waals surface area contributed by atoms with E-state index >= 15 is 0 Å². The molecule has 2 rings (SSSR count). The summed E-state index contributed by atoms with van der Waals surface area (Å²) in [6.07, 6.45) is 7.13. The number of hydrogen-bond donors (Lipinski definition) is 1. The van der Waals surface area contributed by atoms with Gasteiger partial charge in [-0.15, -0.1) is 0 Å². The van der Waals surface area contributed by atoms with Gasteiger partial charge in [-0.05, 0) is 38.5 Å². The first-order valence-electron chi connectivity index (χ1n) is 6.15. The van der Waals surface area contributed by atoms with Gasteiger partial charge >= 0.3 is 0 Å². The van der Waals surface area contributed by atoms with Crippen LogP contribution < -0.4 is 5.32 Å². The third-order valence-corrected chi connectivity index (χ3v) is 3.86. The van der Waals surface area contributed by atoms with Crippen LogP contribution in [0.25, 0.3) is 0 Å². The van der Waals surface area contributed by atoms with Crippen molar-refractivity contribution >= 4 is 0 Å². The Kier molecular flexibility index (Phi) is 3.45. The van der Waals surface area contributed by atoms with Gasteiger partial charge in [0.1, 0.15) is 0 Å². The van der Waals surface area contributed by atoms with Crippen molar-refractivity contribution in [1.82, 2.24) is 5.32 Å².